The van der Waals surface area contributed by atoms with E-state index in [1.54, 1.807) is 30.4 Å². The third-order valence-corrected chi connectivity index (χ3v) is 12.3. The van der Waals surface area contributed by atoms with Gasteiger partial charge in [-0.3, -0.25) is 23.2 Å². The topological polar surface area (TPSA) is 296 Å². The van der Waals surface area contributed by atoms with Gasteiger partial charge < -0.3 is 54.8 Å². The second-order valence-corrected chi connectivity index (χ2v) is 19.8. The van der Waals surface area contributed by atoms with Crippen LogP contribution in [0.3, 0.4) is 0 Å². The number of rotatable bonds is 40. The Labute approximate surface area is 421 Å². The summed E-state index contributed by atoms with van der Waals surface area (Å²) in [5.41, 5.74) is 0. The van der Waals surface area contributed by atoms with Crippen molar-refractivity contribution in [1.82, 2.24) is 0 Å². The molecule has 0 bridgehead atoms. The molecule has 1 rings (SSSR count). The largest absolute Gasteiger partial charge is 0.472 e. The molecule has 20 heteroatoms. The molecular formula is C51H84O18P2. The number of allylic oxidation sites excluding steroid dienone is 14. The Morgan fingerprint density at radius 2 is 1.00 bits per heavy atom. The zero-order chi connectivity index (χ0) is 52.8. The second-order valence-electron chi connectivity index (χ2n) is 17.2. The molecule has 10 atom stereocenters. The number of carbonyl (C=O) groups excluding carboxylic acids is 2. The average Bonchev–Trinajstić information content (AvgIpc) is 3.32. The molecule has 1 saturated carbocycles. The smallest absolute Gasteiger partial charge is 0.462 e. The molecule has 0 aromatic carbocycles. The molecule has 406 valence electrons. The van der Waals surface area contributed by atoms with E-state index in [4.69, 9.17) is 18.5 Å². The fraction of sp³-hybridized carbons (Fsp3) is 0.647. The van der Waals surface area contributed by atoms with Crippen LogP contribution in [0.1, 0.15) is 142 Å². The van der Waals surface area contributed by atoms with E-state index in [9.17, 15) is 64.0 Å². The van der Waals surface area contributed by atoms with Gasteiger partial charge in [-0.1, -0.05) is 150 Å². The van der Waals surface area contributed by atoms with Crippen LogP contribution in [0.5, 0.6) is 0 Å². The number of aliphatic hydroxyl groups is 6. The van der Waals surface area contributed by atoms with Crippen LogP contribution in [-0.4, -0.2) is 125 Å². The van der Waals surface area contributed by atoms with Crippen molar-refractivity contribution in [2.24, 2.45) is 0 Å². The predicted molar refractivity (Wildman–Crippen MR) is 271 cm³/mol. The van der Waals surface area contributed by atoms with Gasteiger partial charge in [0.1, 0.15) is 43.2 Å². The molecule has 0 aliphatic heterocycles. The molecular weight excluding hydrogens is 962 g/mol. The molecule has 0 amide bonds. The van der Waals surface area contributed by atoms with E-state index in [0.717, 1.165) is 70.6 Å². The SMILES string of the molecule is CCCCC/C=C\C/C=C\C/C=C\C/C=C\CCCCCC(=O)OC[C@H](COP(=O)(O)O[C@H]1C(O)C(O)C(O)[C@@H](OP(=O)(O)O)C1O)OC(=O)CCC[C@H](O)/C=C/C=C\C/C=C\C=C\[C@H](O)CCCCC. The molecule has 71 heavy (non-hydrogen) atoms. The summed E-state index contributed by atoms with van der Waals surface area (Å²) in [5.74, 6) is -1.48. The highest BCUT2D eigenvalue weighted by atomic mass is 31.2. The quantitative estimate of drug-likeness (QED) is 0.00926. The van der Waals surface area contributed by atoms with Crippen molar-refractivity contribution in [2.45, 2.75) is 197 Å². The molecule has 0 spiro atoms. The van der Waals surface area contributed by atoms with Crippen molar-refractivity contribution in [1.29, 1.82) is 0 Å². The molecule has 0 radical (unpaired) electrons. The van der Waals surface area contributed by atoms with Crippen LogP contribution in [0.15, 0.2) is 97.2 Å². The fourth-order valence-electron chi connectivity index (χ4n) is 6.87. The van der Waals surface area contributed by atoms with Gasteiger partial charge >= 0.3 is 27.6 Å². The lowest BCUT2D eigenvalue weighted by atomic mass is 9.85. The normalized spacial score (nSPS) is 22.6. The summed E-state index contributed by atoms with van der Waals surface area (Å²) in [4.78, 5) is 54.4. The van der Waals surface area contributed by atoms with Gasteiger partial charge in [0, 0.05) is 12.8 Å². The van der Waals surface area contributed by atoms with Crippen molar-refractivity contribution < 1.29 is 87.1 Å². The van der Waals surface area contributed by atoms with E-state index < -0.39 is 95.7 Å². The van der Waals surface area contributed by atoms with Crippen molar-refractivity contribution in [3.8, 4) is 0 Å². The molecule has 9 N–H and O–H groups in total. The number of carbonyl (C=O) groups is 2. The van der Waals surface area contributed by atoms with Gasteiger partial charge in [0.2, 0.25) is 0 Å². The summed E-state index contributed by atoms with van der Waals surface area (Å²) in [6.45, 7) is 2.76. The number of unbranched alkanes of at least 4 members (excludes halogenated alkanes) is 8. The minimum Gasteiger partial charge on any atom is -0.462 e. The van der Waals surface area contributed by atoms with Crippen LogP contribution in [0.25, 0.3) is 0 Å². The van der Waals surface area contributed by atoms with Gasteiger partial charge in [-0.2, -0.15) is 0 Å². The van der Waals surface area contributed by atoms with Crippen LogP contribution in [0.2, 0.25) is 0 Å². The van der Waals surface area contributed by atoms with Gasteiger partial charge in [0.25, 0.3) is 0 Å². The van der Waals surface area contributed by atoms with E-state index in [2.05, 4.69) is 67.0 Å². The number of phosphoric acid groups is 2. The van der Waals surface area contributed by atoms with E-state index >= 15 is 0 Å². The molecule has 18 nitrogen and oxygen atoms in total. The fourth-order valence-corrected chi connectivity index (χ4v) is 8.41. The first-order chi connectivity index (χ1) is 33.9. The maximum atomic E-state index is 13.0. The van der Waals surface area contributed by atoms with E-state index in [1.807, 2.05) is 18.2 Å². The van der Waals surface area contributed by atoms with Gasteiger partial charge in [-0.25, -0.2) is 9.13 Å². The standard InChI is InChI=1S/C51H84O18P2/c1-3-5-7-8-9-10-11-12-13-14-15-16-17-18-19-20-24-27-31-37-44(54)65-39-43(40-66-71(63,64)69-51-48(58)46(56)47(57)50(49(51)59)68-70(60,61)62)67-45(55)38-32-36-42(53)35-30-26-23-21-22-25-29-34-41(52)33-28-6-4-2/h9-10,12-13,15-16,18-19,22-23,25-26,29-30,34-35,41-43,46-53,56-59H,3-8,11,14,17,20-21,24,27-28,31-33,36-40H2,1-2H3,(H,63,64)(H2,60,61,62)/b10-9-,13-12-,16-15-,19-18-,25-22-,26-23-,34-29+,35-30+/t41-,42-,43-,46?,47?,48?,49?,50-,51+/m1/s1. The Balaban J connectivity index is 2.70. The van der Waals surface area contributed by atoms with E-state index in [1.165, 1.54) is 19.3 Å². The first kappa shape index (κ1) is 65.9. The molecule has 5 unspecified atom stereocenters. The van der Waals surface area contributed by atoms with Crippen molar-refractivity contribution >= 4 is 27.6 Å². The Morgan fingerprint density at radius 3 is 1.55 bits per heavy atom. The minimum absolute atomic E-state index is 0.0279. The lowest BCUT2D eigenvalue weighted by Crippen LogP contribution is -2.64. The summed E-state index contributed by atoms with van der Waals surface area (Å²) >= 11 is 0. The average molecular weight is 1050 g/mol. The molecule has 0 aromatic heterocycles. The lowest BCUT2D eigenvalue weighted by molar-refractivity contribution is -0.216. The third-order valence-electron chi connectivity index (χ3n) is 10.8. The maximum Gasteiger partial charge on any atom is 0.472 e. The highest BCUT2D eigenvalue weighted by Gasteiger charge is 2.54. The lowest BCUT2D eigenvalue weighted by Gasteiger charge is -2.43. The monoisotopic (exact) mass is 1050 g/mol. The van der Waals surface area contributed by atoms with Crippen molar-refractivity contribution in [2.75, 3.05) is 13.2 Å². The number of esters is 2. The number of ether oxygens (including phenoxy) is 2. The number of aliphatic hydroxyl groups excluding tert-OH is 6. The molecule has 1 fully saturated rings. The van der Waals surface area contributed by atoms with Crippen LogP contribution in [0, 0.1) is 0 Å². The van der Waals surface area contributed by atoms with E-state index in [0.29, 0.717) is 12.8 Å². The van der Waals surface area contributed by atoms with Crippen LogP contribution in [0.4, 0.5) is 0 Å². The van der Waals surface area contributed by atoms with Crippen LogP contribution >= 0.6 is 15.6 Å². The summed E-state index contributed by atoms with van der Waals surface area (Å²) < 4.78 is 49.2. The van der Waals surface area contributed by atoms with Gasteiger partial charge in [0.15, 0.2) is 6.10 Å². The first-order valence-electron chi connectivity index (χ1n) is 25.0. The highest BCUT2D eigenvalue weighted by molar-refractivity contribution is 7.47. The molecule has 0 heterocycles. The Hall–Kier alpha value is -3.16. The summed E-state index contributed by atoms with van der Waals surface area (Å²) in [5, 5.41) is 61.6. The summed E-state index contributed by atoms with van der Waals surface area (Å²) in [6.07, 6.45) is 29.8. The van der Waals surface area contributed by atoms with Crippen LogP contribution < -0.4 is 0 Å². The Morgan fingerprint density at radius 1 is 0.521 bits per heavy atom. The first-order valence-corrected chi connectivity index (χ1v) is 28.0. The van der Waals surface area contributed by atoms with Gasteiger partial charge in [-0.15, -0.1) is 0 Å². The molecule has 1 aliphatic carbocycles. The van der Waals surface area contributed by atoms with Crippen molar-refractivity contribution in [3.05, 3.63) is 97.2 Å². The maximum absolute atomic E-state index is 13.0. The third kappa shape index (κ3) is 34.8. The Bertz CT molecular complexity index is 1770. The number of hydrogen-bond donors (Lipinski definition) is 9. The Kier molecular flexibility index (Phi) is 37.3. The number of hydrogen-bond acceptors (Lipinski definition) is 15. The number of phosphoric ester groups is 2. The van der Waals surface area contributed by atoms with Gasteiger partial charge in [-0.05, 0) is 77.0 Å². The highest BCUT2D eigenvalue weighted by Crippen LogP contribution is 2.49. The molecule has 0 saturated heterocycles. The summed E-state index contributed by atoms with van der Waals surface area (Å²) in [6, 6.07) is 0. The van der Waals surface area contributed by atoms with Crippen LogP contribution in [-0.2, 0) is 41.8 Å². The second kappa shape index (κ2) is 40.3. The predicted octanol–water partition coefficient (Wildman–Crippen LogP) is 7.89. The molecule has 0 aromatic rings. The molecule has 1 aliphatic rings. The van der Waals surface area contributed by atoms with E-state index in [-0.39, 0.29) is 25.7 Å². The minimum atomic E-state index is -5.40. The van der Waals surface area contributed by atoms with Gasteiger partial charge in [0.05, 0.1) is 18.8 Å². The summed E-state index contributed by atoms with van der Waals surface area (Å²) in [7, 11) is -10.8. The zero-order valence-corrected chi connectivity index (χ0v) is 43.4. The van der Waals surface area contributed by atoms with Crippen molar-refractivity contribution in [3.63, 3.8) is 0 Å². The zero-order valence-electron chi connectivity index (χ0n) is 41.6.